The highest BCUT2D eigenvalue weighted by Gasteiger charge is 2.09. The Morgan fingerprint density at radius 3 is 2.28 bits per heavy atom. The normalized spacial score (nSPS) is 9.80. The predicted molar refractivity (Wildman–Crippen MR) is 101 cm³/mol. The molecule has 0 spiro atoms. The number of amides is 1. The van der Waals surface area contributed by atoms with Gasteiger partial charge in [-0.3, -0.25) is 4.79 Å². The van der Waals surface area contributed by atoms with E-state index in [1.165, 1.54) is 5.56 Å². The average molecular weight is 325 g/mol. The van der Waals surface area contributed by atoms with E-state index >= 15 is 0 Å². The second-order valence-electron chi connectivity index (χ2n) is 5.83. The van der Waals surface area contributed by atoms with Gasteiger partial charge >= 0.3 is 0 Å². The van der Waals surface area contributed by atoms with Crippen LogP contribution in [0.25, 0.3) is 0 Å². The van der Waals surface area contributed by atoms with Crippen molar-refractivity contribution in [2.24, 2.45) is 0 Å². The summed E-state index contributed by atoms with van der Waals surface area (Å²) in [4.78, 5) is 12.5. The molecular formula is C23H19NO. The molecule has 0 atom stereocenters. The van der Waals surface area contributed by atoms with Gasteiger partial charge in [0.1, 0.15) is 0 Å². The van der Waals surface area contributed by atoms with Crippen molar-refractivity contribution in [3.8, 4) is 11.8 Å². The fourth-order valence-electron chi connectivity index (χ4n) is 2.44. The Morgan fingerprint density at radius 1 is 0.840 bits per heavy atom. The zero-order valence-corrected chi connectivity index (χ0v) is 14.1. The van der Waals surface area contributed by atoms with Crippen molar-refractivity contribution in [1.82, 2.24) is 5.32 Å². The van der Waals surface area contributed by atoms with Crippen LogP contribution in [0.2, 0.25) is 0 Å². The number of carbonyl (C=O) groups is 1. The molecule has 0 aliphatic heterocycles. The number of carbonyl (C=O) groups excluding carboxylic acids is 1. The number of hydrogen-bond acceptors (Lipinski definition) is 1. The Morgan fingerprint density at radius 2 is 1.52 bits per heavy atom. The van der Waals surface area contributed by atoms with Crippen molar-refractivity contribution in [1.29, 1.82) is 0 Å². The second kappa shape index (κ2) is 7.99. The molecule has 1 amide bonds. The summed E-state index contributed by atoms with van der Waals surface area (Å²) in [6.45, 7) is 2.54. The fourth-order valence-corrected chi connectivity index (χ4v) is 2.44. The summed E-state index contributed by atoms with van der Waals surface area (Å²) in [6.07, 6.45) is 0. The molecule has 0 aliphatic carbocycles. The van der Waals surface area contributed by atoms with Gasteiger partial charge in [0.25, 0.3) is 5.91 Å². The molecule has 0 bridgehead atoms. The first kappa shape index (κ1) is 16.5. The molecule has 0 aromatic heterocycles. The molecule has 2 heteroatoms. The molecule has 122 valence electrons. The maximum atomic E-state index is 12.5. The first-order valence-corrected chi connectivity index (χ1v) is 8.22. The van der Waals surface area contributed by atoms with Crippen LogP contribution in [-0.2, 0) is 6.54 Å². The standard InChI is InChI=1S/C23H19NO/c1-18-11-13-19(14-12-18)15-16-21-9-5-6-10-22(21)23(25)24-17-20-7-3-2-4-8-20/h2-14H,17H2,1H3,(H,24,25). The number of rotatable bonds is 3. The summed E-state index contributed by atoms with van der Waals surface area (Å²) in [5.41, 5.74) is 4.53. The van der Waals surface area contributed by atoms with Gasteiger partial charge in [0.2, 0.25) is 0 Å². The minimum Gasteiger partial charge on any atom is -0.348 e. The molecular weight excluding hydrogens is 306 g/mol. The van der Waals surface area contributed by atoms with E-state index < -0.39 is 0 Å². The van der Waals surface area contributed by atoms with E-state index in [0.29, 0.717) is 12.1 Å². The molecule has 2 nitrogen and oxygen atoms in total. The van der Waals surface area contributed by atoms with Crippen molar-refractivity contribution >= 4 is 5.91 Å². The Bertz CT molecular complexity index is 916. The third-order valence-electron chi connectivity index (χ3n) is 3.86. The van der Waals surface area contributed by atoms with Crippen LogP contribution < -0.4 is 5.32 Å². The quantitative estimate of drug-likeness (QED) is 0.714. The molecule has 0 saturated carbocycles. The first-order valence-electron chi connectivity index (χ1n) is 8.22. The van der Waals surface area contributed by atoms with Gasteiger partial charge < -0.3 is 5.32 Å². The molecule has 0 saturated heterocycles. The summed E-state index contributed by atoms with van der Waals surface area (Å²) in [6, 6.07) is 25.3. The van der Waals surface area contributed by atoms with Gasteiger partial charge in [-0.25, -0.2) is 0 Å². The van der Waals surface area contributed by atoms with Gasteiger partial charge in [0.15, 0.2) is 0 Å². The van der Waals surface area contributed by atoms with Crippen molar-refractivity contribution in [2.75, 3.05) is 0 Å². The van der Waals surface area contributed by atoms with Crippen LogP contribution in [-0.4, -0.2) is 5.91 Å². The van der Waals surface area contributed by atoms with E-state index in [2.05, 4.69) is 17.2 Å². The van der Waals surface area contributed by atoms with Crippen LogP contribution in [0.5, 0.6) is 0 Å². The Labute approximate surface area is 148 Å². The van der Waals surface area contributed by atoms with Gasteiger partial charge in [-0.15, -0.1) is 0 Å². The van der Waals surface area contributed by atoms with E-state index in [4.69, 9.17) is 0 Å². The van der Waals surface area contributed by atoms with Crippen LogP contribution in [0.1, 0.15) is 32.6 Å². The topological polar surface area (TPSA) is 29.1 Å². The van der Waals surface area contributed by atoms with E-state index in [1.807, 2.05) is 79.7 Å². The van der Waals surface area contributed by atoms with Crippen molar-refractivity contribution < 1.29 is 4.79 Å². The predicted octanol–water partition coefficient (Wildman–Crippen LogP) is 4.32. The van der Waals surface area contributed by atoms with Gasteiger partial charge in [-0.1, -0.05) is 72.0 Å². The zero-order chi connectivity index (χ0) is 17.5. The summed E-state index contributed by atoms with van der Waals surface area (Å²) >= 11 is 0. The molecule has 0 radical (unpaired) electrons. The molecule has 0 fully saturated rings. The minimum atomic E-state index is -0.113. The number of benzene rings is 3. The Balaban J connectivity index is 1.76. The monoisotopic (exact) mass is 325 g/mol. The van der Waals surface area contributed by atoms with E-state index in [9.17, 15) is 4.79 Å². The lowest BCUT2D eigenvalue weighted by atomic mass is 10.1. The lowest BCUT2D eigenvalue weighted by molar-refractivity contribution is 0.0950. The molecule has 0 heterocycles. The van der Waals surface area contributed by atoms with E-state index in [0.717, 1.165) is 16.7 Å². The van der Waals surface area contributed by atoms with Crippen molar-refractivity contribution in [3.05, 3.63) is 107 Å². The smallest absolute Gasteiger partial charge is 0.252 e. The van der Waals surface area contributed by atoms with Gasteiger partial charge in [0.05, 0.1) is 5.56 Å². The van der Waals surface area contributed by atoms with Gasteiger partial charge in [0, 0.05) is 17.7 Å². The van der Waals surface area contributed by atoms with E-state index in [1.54, 1.807) is 6.07 Å². The number of nitrogens with one attached hydrogen (secondary N) is 1. The highest BCUT2D eigenvalue weighted by molar-refractivity contribution is 5.96. The summed E-state index contributed by atoms with van der Waals surface area (Å²) < 4.78 is 0. The largest absolute Gasteiger partial charge is 0.348 e. The molecule has 25 heavy (non-hydrogen) atoms. The number of hydrogen-bond donors (Lipinski definition) is 1. The number of aryl methyl sites for hydroxylation is 1. The van der Waals surface area contributed by atoms with Crippen LogP contribution >= 0.6 is 0 Å². The molecule has 3 aromatic carbocycles. The second-order valence-corrected chi connectivity index (χ2v) is 5.83. The molecule has 0 aliphatic rings. The third kappa shape index (κ3) is 4.59. The summed E-state index contributed by atoms with van der Waals surface area (Å²) in [7, 11) is 0. The Kier molecular flexibility index (Phi) is 5.29. The summed E-state index contributed by atoms with van der Waals surface area (Å²) in [5, 5.41) is 2.95. The maximum Gasteiger partial charge on any atom is 0.252 e. The van der Waals surface area contributed by atoms with Crippen LogP contribution in [0.15, 0.2) is 78.9 Å². The molecule has 0 unspecified atom stereocenters. The Hall–Kier alpha value is -3.31. The molecule has 1 N–H and O–H groups in total. The first-order chi connectivity index (χ1) is 12.2. The molecule has 3 rings (SSSR count). The maximum absolute atomic E-state index is 12.5. The summed E-state index contributed by atoms with van der Waals surface area (Å²) in [5.74, 6) is 6.13. The van der Waals surface area contributed by atoms with Gasteiger partial charge in [-0.2, -0.15) is 0 Å². The van der Waals surface area contributed by atoms with Crippen molar-refractivity contribution in [2.45, 2.75) is 13.5 Å². The van der Waals surface area contributed by atoms with Crippen LogP contribution in [0, 0.1) is 18.8 Å². The third-order valence-corrected chi connectivity index (χ3v) is 3.86. The average Bonchev–Trinajstić information content (AvgIpc) is 2.67. The highest BCUT2D eigenvalue weighted by Crippen LogP contribution is 2.09. The van der Waals surface area contributed by atoms with Crippen LogP contribution in [0.3, 0.4) is 0 Å². The fraction of sp³-hybridized carbons (Fsp3) is 0.0870. The van der Waals surface area contributed by atoms with Crippen LogP contribution in [0.4, 0.5) is 0 Å². The lowest BCUT2D eigenvalue weighted by Gasteiger charge is -2.07. The molecule has 3 aromatic rings. The SMILES string of the molecule is Cc1ccc(C#Cc2ccccc2C(=O)NCc2ccccc2)cc1. The van der Waals surface area contributed by atoms with Crippen molar-refractivity contribution in [3.63, 3.8) is 0 Å². The van der Waals surface area contributed by atoms with E-state index in [-0.39, 0.29) is 5.91 Å². The van der Waals surface area contributed by atoms with Gasteiger partial charge in [-0.05, 0) is 36.8 Å². The minimum absolute atomic E-state index is 0.113. The lowest BCUT2D eigenvalue weighted by Crippen LogP contribution is -2.23. The zero-order valence-electron chi connectivity index (χ0n) is 14.1. The highest BCUT2D eigenvalue weighted by atomic mass is 16.1.